The monoisotopic (exact) mass is 246 g/mol. The van der Waals surface area contributed by atoms with Crippen molar-refractivity contribution in [3.63, 3.8) is 0 Å². The number of ketones is 1. The first kappa shape index (κ1) is 13.1. The Bertz CT molecular complexity index is 471. The summed E-state index contributed by atoms with van der Waals surface area (Å²) < 4.78 is 1.93. The summed E-state index contributed by atoms with van der Waals surface area (Å²) in [4.78, 5) is 12.2. The van der Waals surface area contributed by atoms with Crippen molar-refractivity contribution in [1.82, 2.24) is 9.78 Å². The molecule has 1 unspecified atom stereocenters. The first-order valence-corrected chi connectivity index (χ1v) is 6.85. The Labute approximate surface area is 109 Å². The van der Waals surface area contributed by atoms with Crippen molar-refractivity contribution in [1.29, 1.82) is 0 Å². The molecule has 1 aliphatic rings. The third-order valence-corrected chi connectivity index (χ3v) is 3.66. The summed E-state index contributed by atoms with van der Waals surface area (Å²) in [5.41, 5.74) is 3.06. The van der Waals surface area contributed by atoms with Gasteiger partial charge in [-0.2, -0.15) is 5.10 Å². The van der Waals surface area contributed by atoms with E-state index in [1.54, 1.807) is 0 Å². The maximum absolute atomic E-state index is 12.2. The minimum absolute atomic E-state index is 0.275. The molecule has 0 spiro atoms. The number of aromatic nitrogens is 2. The molecule has 0 bridgehead atoms. The summed E-state index contributed by atoms with van der Waals surface area (Å²) in [7, 11) is 0. The van der Waals surface area contributed by atoms with Crippen LogP contribution in [-0.2, 0) is 17.8 Å². The highest BCUT2D eigenvalue weighted by atomic mass is 16.1. The van der Waals surface area contributed by atoms with Gasteiger partial charge in [0, 0.05) is 12.2 Å². The average Bonchev–Trinajstić information content (AvgIpc) is 2.70. The number of carbonyl (C=O) groups is 1. The molecule has 1 aromatic rings. The topological polar surface area (TPSA) is 34.9 Å². The van der Waals surface area contributed by atoms with E-state index in [0.717, 1.165) is 48.7 Å². The van der Waals surface area contributed by atoms with E-state index < -0.39 is 0 Å². The van der Waals surface area contributed by atoms with E-state index in [9.17, 15) is 4.79 Å². The third-order valence-electron chi connectivity index (χ3n) is 3.66. The quantitative estimate of drug-likeness (QED) is 0.818. The fraction of sp³-hybridized carbons (Fsp3) is 0.600. The first-order chi connectivity index (χ1) is 8.60. The molecule has 3 nitrogen and oxygen atoms in total. The number of Topliss-reactive ketones (excluding diaryl/α,β-unsaturated/α-hetero) is 1. The van der Waals surface area contributed by atoms with Crippen LogP contribution in [0.1, 0.15) is 44.5 Å². The van der Waals surface area contributed by atoms with Crippen molar-refractivity contribution in [3.05, 3.63) is 29.1 Å². The van der Waals surface area contributed by atoms with E-state index in [1.807, 2.05) is 17.7 Å². The van der Waals surface area contributed by atoms with E-state index >= 15 is 0 Å². The zero-order valence-electron chi connectivity index (χ0n) is 11.6. The summed E-state index contributed by atoms with van der Waals surface area (Å²) in [6.45, 7) is 7.10. The molecule has 0 saturated carbocycles. The highest BCUT2D eigenvalue weighted by Gasteiger charge is 2.17. The second kappa shape index (κ2) is 5.51. The fourth-order valence-corrected chi connectivity index (χ4v) is 2.51. The van der Waals surface area contributed by atoms with Crippen LogP contribution in [0.25, 0.3) is 0 Å². The fourth-order valence-electron chi connectivity index (χ4n) is 2.51. The molecule has 3 heteroatoms. The van der Waals surface area contributed by atoms with Gasteiger partial charge < -0.3 is 0 Å². The average molecular weight is 246 g/mol. The second-order valence-electron chi connectivity index (χ2n) is 5.30. The van der Waals surface area contributed by atoms with Gasteiger partial charge in [-0.3, -0.25) is 9.48 Å². The highest BCUT2D eigenvalue weighted by molar-refractivity contribution is 5.96. The number of allylic oxidation sites excluding steroid dienone is 2. The molecule has 1 aliphatic carbocycles. The Balaban J connectivity index is 2.07. The molecular formula is C15H22N2O. The van der Waals surface area contributed by atoms with Crippen molar-refractivity contribution in [2.75, 3.05) is 0 Å². The smallest absolute Gasteiger partial charge is 0.164 e. The van der Waals surface area contributed by atoms with Crippen LogP contribution in [0.2, 0.25) is 0 Å². The maximum Gasteiger partial charge on any atom is 0.164 e. The van der Waals surface area contributed by atoms with Gasteiger partial charge >= 0.3 is 0 Å². The number of aryl methyl sites for hydroxylation is 2. The van der Waals surface area contributed by atoms with Gasteiger partial charge in [0.25, 0.3) is 0 Å². The van der Waals surface area contributed by atoms with Gasteiger partial charge in [-0.25, -0.2) is 0 Å². The molecule has 18 heavy (non-hydrogen) atoms. The summed E-state index contributed by atoms with van der Waals surface area (Å²) in [5.74, 6) is 1.00. The van der Waals surface area contributed by atoms with Crippen LogP contribution in [0.5, 0.6) is 0 Å². The summed E-state index contributed by atoms with van der Waals surface area (Å²) in [6, 6.07) is 2.02. The minimum Gasteiger partial charge on any atom is -0.294 e. The summed E-state index contributed by atoms with van der Waals surface area (Å²) in [6.07, 6.45) is 5.76. The zero-order valence-corrected chi connectivity index (χ0v) is 11.6. The van der Waals surface area contributed by atoms with Gasteiger partial charge in [0.2, 0.25) is 0 Å². The molecule has 0 aromatic carbocycles. The highest BCUT2D eigenvalue weighted by Crippen LogP contribution is 2.24. The Morgan fingerprint density at radius 1 is 1.56 bits per heavy atom. The minimum atomic E-state index is 0.275. The van der Waals surface area contributed by atoms with E-state index in [4.69, 9.17) is 0 Å². The van der Waals surface area contributed by atoms with Crippen molar-refractivity contribution < 1.29 is 4.79 Å². The van der Waals surface area contributed by atoms with E-state index in [0.29, 0.717) is 6.42 Å². The third kappa shape index (κ3) is 2.89. The maximum atomic E-state index is 12.2. The first-order valence-electron chi connectivity index (χ1n) is 6.85. The van der Waals surface area contributed by atoms with E-state index in [1.165, 1.54) is 0 Å². The van der Waals surface area contributed by atoms with Gasteiger partial charge in [0.05, 0.1) is 12.1 Å². The van der Waals surface area contributed by atoms with Crippen LogP contribution < -0.4 is 0 Å². The molecule has 1 heterocycles. The van der Waals surface area contributed by atoms with E-state index in [2.05, 4.69) is 25.0 Å². The van der Waals surface area contributed by atoms with Gasteiger partial charge in [0.15, 0.2) is 5.78 Å². The number of nitrogens with zero attached hydrogens (tertiary/aromatic N) is 2. The lowest BCUT2D eigenvalue weighted by molar-refractivity contribution is -0.115. The number of rotatable bonds is 4. The molecule has 0 amide bonds. The molecule has 0 N–H and O–H groups in total. The lowest BCUT2D eigenvalue weighted by Gasteiger charge is -2.17. The largest absolute Gasteiger partial charge is 0.294 e. The summed E-state index contributed by atoms with van der Waals surface area (Å²) >= 11 is 0. The Hall–Kier alpha value is -1.38. The van der Waals surface area contributed by atoms with Gasteiger partial charge in [-0.05, 0) is 50.7 Å². The van der Waals surface area contributed by atoms with Crippen LogP contribution in [0, 0.1) is 12.8 Å². The molecule has 1 aromatic heterocycles. The van der Waals surface area contributed by atoms with Gasteiger partial charge in [-0.1, -0.05) is 13.0 Å². The Morgan fingerprint density at radius 2 is 2.33 bits per heavy atom. The van der Waals surface area contributed by atoms with Crippen molar-refractivity contribution in [3.8, 4) is 0 Å². The molecule has 2 rings (SSSR count). The second-order valence-corrected chi connectivity index (χ2v) is 5.30. The molecule has 0 aliphatic heterocycles. The van der Waals surface area contributed by atoms with Gasteiger partial charge in [0.1, 0.15) is 0 Å². The van der Waals surface area contributed by atoms with Gasteiger partial charge in [-0.15, -0.1) is 0 Å². The van der Waals surface area contributed by atoms with Crippen molar-refractivity contribution in [2.24, 2.45) is 5.92 Å². The lowest BCUT2D eigenvalue weighted by atomic mass is 9.88. The molecule has 98 valence electrons. The predicted molar refractivity (Wildman–Crippen MR) is 72.4 cm³/mol. The van der Waals surface area contributed by atoms with Crippen LogP contribution in [0.15, 0.2) is 17.7 Å². The Kier molecular flexibility index (Phi) is 4.00. The van der Waals surface area contributed by atoms with Crippen molar-refractivity contribution in [2.45, 2.75) is 53.0 Å². The number of hydrogen-bond donors (Lipinski definition) is 0. The number of carbonyl (C=O) groups excluding carboxylic acids is 1. The molecular weight excluding hydrogens is 224 g/mol. The van der Waals surface area contributed by atoms with Crippen molar-refractivity contribution >= 4 is 5.78 Å². The molecule has 0 radical (unpaired) electrons. The SMILES string of the molecule is CCn1nc(C)cc1CC(=O)C1=CCC(C)CC1. The van der Waals surface area contributed by atoms with E-state index in [-0.39, 0.29) is 5.78 Å². The normalized spacial score (nSPS) is 19.7. The molecule has 1 atom stereocenters. The van der Waals surface area contributed by atoms with Crippen LogP contribution in [0.4, 0.5) is 0 Å². The van der Waals surface area contributed by atoms with Crippen LogP contribution in [-0.4, -0.2) is 15.6 Å². The zero-order chi connectivity index (χ0) is 13.1. The summed E-state index contributed by atoms with van der Waals surface area (Å²) in [5, 5.41) is 4.38. The standard InChI is InChI=1S/C15H22N2O/c1-4-17-14(9-12(3)16-17)10-15(18)13-7-5-11(2)6-8-13/h7,9,11H,4-6,8,10H2,1-3H3. The van der Waals surface area contributed by atoms with Crippen LogP contribution in [0.3, 0.4) is 0 Å². The lowest BCUT2D eigenvalue weighted by Crippen LogP contribution is -2.14. The molecule has 0 saturated heterocycles. The number of hydrogen-bond acceptors (Lipinski definition) is 2. The molecule has 0 fully saturated rings. The van der Waals surface area contributed by atoms with Crippen LogP contribution >= 0.6 is 0 Å². The Morgan fingerprint density at radius 3 is 2.94 bits per heavy atom. The predicted octanol–water partition coefficient (Wildman–Crippen LogP) is 3.07.